The summed E-state index contributed by atoms with van der Waals surface area (Å²) in [5.74, 6) is 0. The molecular weight excluding hydrogens is 250 g/mol. The summed E-state index contributed by atoms with van der Waals surface area (Å²) < 4.78 is 0. The summed E-state index contributed by atoms with van der Waals surface area (Å²) in [7, 11) is 0. The van der Waals surface area contributed by atoms with Gasteiger partial charge in [-0.05, 0) is 18.6 Å². The SMILES string of the molecule is CCCCC(CN)NC(=O)Nc1ccccc1Cl. The summed E-state index contributed by atoms with van der Waals surface area (Å²) >= 11 is 5.96. The van der Waals surface area contributed by atoms with E-state index in [1.807, 2.05) is 12.1 Å². The first-order valence-corrected chi connectivity index (χ1v) is 6.57. The van der Waals surface area contributed by atoms with Crippen molar-refractivity contribution in [2.24, 2.45) is 5.73 Å². The van der Waals surface area contributed by atoms with Gasteiger partial charge < -0.3 is 16.4 Å². The number of nitrogens with one attached hydrogen (secondary N) is 2. The van der Waals surface area contributed by atoms with Crippen LogP contribution >= 0.6 is 11.6 Å². The summed E-state index contributed by atoms with van der Waals surface area (Å²) in [5.41, 5.74) is 6.22. The molecule has 4 N–H and O–H groups in total. The molecule has 100 valence electrons. The van der Waals surface area contributed by atoms with Crippen LogP contribution in [0, 0.1) is 0 Å². The Morgan fingerprint density at radius 1 is 1.44 bits per heavy atom. The Morgan fingerprint density at radius 2 is 2.17 bits per heavy atom. The number of hydrogen-bond acceptors (Lipinski definition) is 2. The third-order valence-electron chi connectivity index (χ3n) is 2.65. The maximum atomic E-state index is 11.8. The molecule has 4 nitrogen and oxygen atoms in total. The van der Waals surface area contributed by atoms with Gasteiger partial charge in [0.1, 0.15) is 0 Å². The normalized spacial score (nSPS) is 11.9. The number of anilines is 1. The highest BCUT2D eigenvalue weighted by molar-refractivity contribution is 6.33. The van der Waals surface area contributed by atoms with Crippen LogP contribution in [0.1, 0.15) is 26.2 Å². The summed E-state index contributed by atoms with van der Waals surface area (Å²) in [4.78, 5) is 11.8. The average Bonchev–Trinajstić information content (AvgIpc) is 2.37. The van der Waals surface area contributed by atoms with Gasteiger partial charge in [-0.2, -0.15) is 0 Å². The van der Waals surface area contributed by atoms with E-state index >= 15 is 0 Å². The minimum Gasteiger partial charge on any atom is -0.334 e. The fourth-order valence-electron chi connectivity index (χ4n) is 1.61. The van der Waals surface area contributed by atoms with Gasteiger partial charge in [0.25, 0.3) is 0 Å². The molecule has 0 aromatic heterocycles. The van der Waals surface area contributed by atoms with Crippen LogP contribution in [-0.4, -0.2) is 18.6 Å². The Labute approximate surface area is 113 Å². The van der Waals surface area contributed by atoms with Gasteiger partial charge in [0.05, 0.1) is 10.7 Å². The van der Waals surface area contributed by atoms with E-state index < -0.39 is 0 Å². The Bertz CT molecular complexity index is 384. The molecule has 1 rings (SSSR count). The third kappa shape index (κ3) is 4.94. The largest absolute Gasteiger partial charge is 0.334 e. The molecule has 1 unspecified atom stereocenters. The van der Waals surface area contributed by atoms with E-state index in [-0.39, 0.29) is 12.1 Å². The van der Waals surface area contributed by atoms with Gasteiger partial charge in [0.2, 0.25) is 0 Å². The van der Waals surface area contributed by atoms with Crippen molar-refractivity contribution in [3.8, 4) is 0 Å². The number of para-hydroxylation sites is 1. The topological polar surface area (TPSA) is 67.1 Å². The van der Waals surface area contributed by atoms with E-state index in [1.54, 1.807) is 12.1 Å². The minimum absolute atomic E-state index is 0.00689. The quantitative estimate of drug-likeness (QED) is 0.743. The second kappa shape index (κ2) is 7.95. The standard InChI is InChI=1S/C13H20ClN3O/c1-2-3-6-10(9-15)16-13(18)17-12-8-5-4-7-11(12)14/h4-5,7-8,10H,2-3,6,9,15H2,1H3,(H2,16,17,18). The zero-order valence-electron chi connectivity index (χ0n) is 10.6. The molecule has 0 radical (unpaired) electrons. The molecular formula is C13H20ClN3O. The minimum atomic E-state index is -0.269. The Balaban J connectivity index is 2.48. The molecule has 18 heavy (non-hydrogen) atoms. The molecule has 1 aromatic rings. The number of halogens is 1. The van der Waals surface area contributed by atoms with E-state index in [0.29, 0.717) is 17.3 Å². The van der Waals surface area contributed by atoms with E-state index in [4.69, 9.17) is 17.3 Å². The van der Waals surface area contributed by atoms with E-state index in [2.05, 4.69) is 17.6 Å². The highest BCUT2D eigenvalue weighted by Crippen LogP contribution is 2.20. The zero-order chi connectivity index (χ0) is 13.4. The van der Waals surface area contributed by atoms with E-state index in [9.17, 15) is 4.79 Å². The van der Waals surface area contributed by atoms with E-state index in [1.165, 1.54) is 0 Å². The van der Waals surface area contributed by atoms with E-state index in [0.717, 1.165) is 19.3 Å². The lowest BCUT2D eigenvalue weighted by atomic mass is 10.1. The lowest BCUT2D eigenvalue weighted by molar-refractivity contribution is 0.247. The number of amides is 2. The fourth-order valence-corrected chi connectivity index (χ4v) is 1.79. The molecule has 0 spiro atoms. The molecule has 0 aliphatic carbocycles. The van der Waals surface area contributed by atoms with Crippen LogP contribution in [0.25, 0.3) is 0 Å². The van der Waals surface area contributed by atoms with Gasteiger partial charge in [-0.3, -0.25) is 0 Å². The summed E-state index contributed by atoms with van der Waals surface area (Å²) in [6, 6.07) is 6.86. The van der Waals surface area contributed by atoms with Crippen molar-refractivity contribution in [3.05, 3.63) is 29.3 Å². The molecule has 0 aliphatic heterocycles. The van der Waals surface area contributed by atoms with Gasteiger partial charge in [-0.25, -0.2) is 4.79 Å². The van der Waals surface area contributed by atoms with Gasteiger partial charge in [-0.15, -0.1) is 0 Å². The Kier molecular flexibility index (Phi) is 6.54. The maximum absolute atomic E-state index is 11.8. The van der Waals surface area contributed by atoms with Crippen LogP contribution in [0.15, 0.2) is 24.3 Å². The van der Waals surface area contributed by atoms with Crippen molar-refractivity contribution in [1.82, 2.24) is 5.32 Å². The molecule has 0 saturated heterocycles. The predicted octanol–water partition coefficient (Wildman–Crippen LogP) is 2.98. The molecule has 0 heterocycles. The number of carbonyl (C=O) groups excluding carboxylic acids is 1. The van der Waals surface area contributed by atoms with Crippen molar-refractivity contribution in [1.29, 1.82) is 0 Å². The molecule has 1 atom stereocenters. The maximum Gasteiger partial charge on any atom is 0.319 e. The number of nitrogens with two attached hydrogens (primary N) is 1. The number of carbonyl (C=O) groups is 1. The van der Waals surface area contributed by atoms with Gasteiger partial charge >= 0.3 is 6.03 Å². The number of urea groups is 1. The van der Waals surface area contributed by atoms with Crippen LogP contribution in [0.5, 0.6) is 0 Å². The molecule has 5 heteroatoms. The Hall–Kier alpha value is -1.26. The first-order valence-electron chi connectivity index (χ1n) is 6.19. The highest BCUT2D eigenvalue weighted by Gasteiger charge is 2.10. The van der Waals surface area contributed by atoms with Crippen molar-refractivity contribution in [2.45, 2.75) is 32.2 Å². The van der Waals surface area contributed by atoms with Gasteiger partial charge in [0, 0.05) is 12.6 Å². The van der Waals surface area contributed by atoms with Crippen molar-refractivity contribution in [2.75, 3.05) is 11.9 Å². The summed E-state index contributed by atoms with van der Waals surface area (Å²) in [5, 5.41) is 6.08. The predicted molar refractivity (Wildman–Crippen MR) is 76.0 cm³/mol. The molecule has 2 amide bonds. The first-order chi connectivity index (χ1) is 8.67. The zero-order valence-corrected chi connectivity index (χ0v) is 11.3. The average molecular weight is 270 g/mol. The molecule has 1 aromatic carbocycles. The monoisotopic (exact) mass is 269 g/mol. The van der Waals surface area contributed by atoms with Crippen LogP contribution in [0.4, 0.5) is 10.5 Å². The Morgan fingerprint density at radius 3 is 2.78 bits per heavy atom. The second-order valence-electron chi connectivity index (χ2n) is 4.15. The van der Waals surface area contributed by atoms with Crippen LogP contribution < -0.4 is 16.4 Å². The van der Waals surface area contributed by atoms with Crippen molar-refractivity contribution < 1.29 is 4.79 Å². The highest BCUT2D eigenvalue weighted by atomic mass is 35.5. The molecule has 0 bridgehead atoms. The summed E-state index contributed by atoms with van der Waals surface area (Å²) in [6.45, 7) is 2.55. The molecule has 0 saturated carbocycles. The lowest BCUT2D eigenvalue weighted by Crippen LogP contribution is -2.42. The van der Waals surface area contributed by atoms with Gasteiger partial charge in [0.15, 0.2) is 0 Å². The number of unbranched alkanes of at least 4 members (excludes halogenated alkanes) is 1. The van der Waals surface area contributed by atoms with Gasteiger partial charge in [-0.1, -0.05) is 43.5 Å². The number of hydrogen-bond donors (Lipinski definition) is 3. The number of benzene rings is 1. The molecule has 0 aliphatic rings. The molecule has 0 fully saturated rings. The van der Waals surface area contributed by atoms with Crippen molar-refractivity contribution >= 4 is 23.3 Å². The lowest BCUT2D eigenvalue weighted by Gasteiger charge is -2.17. The third-order valence-corrected chi connectivity index (χ3v) is 2.98. The van der Waals surface area contributed by atoms with Crippen LogP contribution in [-0.2, 0) is 0 Å². The van der Waals surface area contributed by atoms with Crippen LogP contribution in [0.2, 0.25) is 5.02 Å². The fraction of sp³-hybridized carbons (Fsp3) is 0.462. The smallest absolute Gasteiger partial charge is 0.319 e. The second-order valence-corrected chi connectivity index (χ2v) is 4.56. The van der Waals surface area contributed by atoms with Crippen molar-refractivity contribution in [3.63, 3.8) is 0 Å². The summed E-state index contributed by atoms with van der Waals surface area (Å²) in [6.07, 6.45) is 3.03. The first kappa shape index (κ1) is 14.8. The van der Waals surface area contributed by atoms with Crippen LogP contribution in [0.3, 0.4) is 0 Å². The number of rotatable bonds is 6.